The number of para-hydroxylation sites is 2. The molecular formula is C25H20FNO6. The smallest absolute Gasteiger partial charge is 0.300 e. The first-order valence-electron chi connectivity index (χ1n) is 9.94. The number of carbonyl (C=O) groups is 2. The predicted octanol–water partition coefficient (Wildman–Crippen LogP) is 4.17. The molecule has 2 N–H and O–H groups in total. The number of nitrogens with zero attached hydrogens (tertiary/aromatic N) is 1. The average Bonchev–Trinajstić information content (AvgIpc) is 3.09. The highest BCUT2D eigenvalue weighted by atomic mass is 19.1. The van der Waals surface area contributed by atoms with Crippen LogP contribution in [0.2, 0.25) is 0 Å². The van der Waals surface area contributed by atoms with E-state index in [0.29, 0.717) is 5.75 Å². The van der Waals surface area contributed by atoms with Crippen molar-refractivity contribution in [2.24, 2.45) is 0 Å². The van der Waals surface area contributed by atoms with Crippen LogP contribution in [0, 0.1) is 5.82 Å². The van der Waals surface area contributed by atoms with Crippen molar-refractivity contribution in [3.05, 3.63) is 89.2 Å². The van der Waals surface area contributed by atoms with E-state index in [2.05, 4.69) is 0 Å². The molecule has 8 heteroatoms. The Kier molecular flexibility index (Phi) is 5.74. The van der Waals surface area contributed by atoms with E-state index >= 15 is 0 Å². The van der Waals surface area contributed by atoms with Crippen molar-refractivity contribution in [1.82, 2.24) is 0 Å². The third kappa shape index (κ3) is 3.65. The first kappa shape index (κ1) is 21.9. The zero-order chi connectivity index (χ0) is 23.7. The Balaban J connectivity index is 2.01. The molecule has 168 valence electrons. The number of Topliss-reactive ketones (excluding diaryl/α,β-unsaturated/α-hetero) is 1. The summed E-state index contributed by atoms with van der Waals surface area (Å²) in [7, 11) is 2.84. The lowest BCUT2D eigenvalue weighted by molar-refractivity contribution is -0.132. The van der Waals surface area contributed by atoms with Crippen LogP contribution in [-0.4, -0.2) is 36.1 Å². The molecule has 1 aliphatic heterocycles. The summed E-state index contributed by atoms with van der Waals surface area (Å²) in [5, 5.41) is 21.6. The van der Waals surface area contributed by atoms with E-state index in [0.717, 1.165) is 4.90 Å². The normalized spacial score (nSPS) is 17.3. The van der Waals surface area contributed by atoms with Gasteiger partial charge in [-0.1, -0.05) is 30.3 Å². The van der Waals surface area contributed by atoms with Crippen LogP contribution in [0.25, 0.3) is 5.76 Å². The number of carbonyl (C=O) groups excluding carboxylic acids is 2. The van der Waals surface area contributed by atoms with E-state index in [-0.39, 0.29) is 33.9 Å². The minimum absolute atomic E-state index is 0.00796. The summed E-state index contributed by atoms with van der Waals surface area (Å²) in [6.45, 7) is 0. The summed E-state index contributed by atoms with van der Waals surface area (Å²) in [6.07, 6.45) is 0. The van der Waals surface area contributed by atoms with Crippen LogP contribution < -0.4 is 14.4 Å². The monoisotopic (exact) mass is 449 g/mol. The number of anilines is 1. The number of halogens is 1. The summed E-state index contributed by atoms with van der Waals surface area (Å²) in [6, 6.07) is 14.7. The van der Waals surface area contributed by atoms with Crippen LogP contribution in [0.1, 0.15) is 17.2 Å². The van der Waals surface area contributed by atoms with Crippen molar-refractivity contribution in [2.75, 3.05) is 19.1 Å². The van der Waals surface area contributed by atoms with Gasteiger partial charge in [0.1, 0.15) is 28.8 Å². The number of hydrogen-bond donors (Lipinski definition) is 2. The number of aliphatic hydroxyl groups is 1. The molecule has 1 heterocycles. The van der Waals surface area contributed by atoms with E-state index in [4.69, 9.17) is 9.47 Å². The van der Waals surface area contributed by atoms with Crippen molar-refractivity contribution in [1.29, 1.82) is 0 Å². The molecule has 0 radical (unpaired) electrons. The Morgan fingerprint density at radius 1 is 0.970 bits per heavy atom. The van der Waals surface area contributed by atoms with Gasteiger partial charge >= 0.3 is 0 Å². The molecule has 1 unspecified atom stereocenters. The van der Waals surface area contributed by atoms with Crippen LogP contribution in [0.5, 0.6) is 17.2 Å². The maximum absolute atomic E-state index is 14.9. The summed E-state index contributed by atoms with van der Waals surface area (Å²) in [5.41, 5.74) is -0.227. The molecule has 1 saturated heterocycles. The summed E-state index contributed by atoms with van der Waals surface area (Å²) >= 11 is 0. The van der Waals surface area contributed by atoms with Crippen molar-refractivity contribution < 1.29 is 33.7 Å². The highest BCUT2D eigenvalue weighted by Gasteiger charge is 2.48. The fraction of sp³-hybridized carbons (Fsp3) is 0.120. The van der Waals surface area contributed by atoms with Gasteiger partial charge in [-0.05, 0) is 30.3 Å². The van der Waals surface area contributed by atoms with Gasteiger partial charge in [-0.15, -0.1) is 0 Å². The van der Waals surface area contributed by atoms with Crippen molar-refractivity contribution in [2.45, 2.75) is 6.04 Å². The van der Waals surface area contributed by atoms with Gasteiger partial charge in [0.05, 0.1) is 37.1 Å². The molecule has 0 bridgehead atoms. The van der Waals surface area contributed by atoms with Crippen LogP contribution in [0.4, 0.5) is 10.1 Å². The van der Waals surface area contributed by atoms with Crippen LogP contribution >= 0.6 is 0 Å². The largest absolute Gasteiger partial charge is 0.507 e. The van der Waals surface area contributed by atoms with E-state index in [1.807, 2.05) is 0 Å². The SMILES string of the molecule is COc1ccc(/C(O)=C2\C(=O)C(=O)N(c3ccccc3O)C2c2ccccc2F)c(OC)c1. The first-order valence-corrected chi connectivity index (χ1v) is 9.94. The number of amides is 1. The Bertz CT molecular complexity index is 1290. The Hall–Kier alpha value is -4.33. The Morgan fingerprint density at radius 3 is 2.33 bits per heavy atom. The van der Waals surface area contributed by atoms with E-state index < -0.39 is 29.3 Å². The lowest BCUT2D eigenvalue weighted by atomic mass is 9.94. The third-order valence-corrected chi connectivity index (χ3v) is 5.45. The molecule has 0 spiro atoms. The van der Waals surface area contributed by atoms with Gasteiger partial charge in [-0.3, -0.25) is 14.5 Å². The lowest BCUT2D eigenvalue weighted by Crippen LogP contribution is -2.29. The number of aliphatic hydroxyl groups excluding tert-OH is 1. The van der Waals surface area contributed by atoms with Crippen LogP contribution in [0.3, 0.4) is 0 Å². The zero-order valence-corrected chi connectivity index (χ0v) is 17.8. The molecule has 7 nitrogen and oxygen atoms in total. The second kappa shape index (κ2) is 8.66. The molecular weight excluding hydrogens is 429 g/mol. The van der Waals surface area contributed by atoms with Crippen molar-refractivity contribution in [3.8, 4) is 17.2 Å². The second-order valence-electron chi connectivity index (χ2n) is 7.25. The fourth-order valence-electron chi connectivity index (χ4n) is 3.88. The topological polar surface area (TPSA) is 96.3 Å². The third-order valence-electron chi connectivity index (χ3n) is 5.45. The number of ether oxygens (including phenoxy) is 2. The van der Waals surface area contributed by atoms with Crippen molar-refractivity contribution >= 4 is 23.1 Å². The number of methoxy groups -OCH3 is 2. The highest BCUT2D eigenvalue weighted by molar-refractivity contribution is 6.52. The zero-order valence-electron chi connectivity index (χ0n) is 17.8. The molecule has 4 rings (SSSR count). The predicted molar refractivity (Wildman–Crippen MR) is 119 cm³/mol. The number of phenols is 1. The van der Waals surface area contributed by atoms with E-state index in [1.54, 1.807) is 24.3 Å². The number of benzene rings is 3. The molecule has 3 aromatic rings. The van der Waals surface area contributed by atoms with Crippen LogP contribution in [0.15, 0.2) is 72.3 Å². The minimum Gasteiger partial charge on any atom is -0.507 e. The van der Waals surface area contributed by atoms with Gasteiger partial charge in [-0.2, -0.15) is 0 Å². The molecule has 0 saturated carbocycles. The maximum Gasteiger partial charge on any atom is 0.300 e. The van der Waals surface area contributed by atoms with Gasteiger partial charge in [0.15, 0.2) is 0 Å². The van der Waals surface area contributed by atoms with Gasteiger partial charge in [-0.25, -0.2) is 4.39 Å². The maximum atomic E-state index is 14.9. The summed E-state index contributed by atoms with van der Waals surface area (Å²) < 4.78 is 25.4. The molecule has 0 aromatic heterocycles. The average molecular weight is 449 g/mol. The summed E-state index contributed by atoms with van der Waals surface area (Å²) in [4.78, 5) is 27.2. The van der Waals surface area contributed by atoms with Crippen LogP contribution in [-0.2, 0) is 9.59 Å². The van der Waals surface area contributed by atoms with E-state index in [9.17, 15) is 24.2 Å². The molecule has 33 heavy (non-hydrogen) atoms. The molecule has 3 aromatic carbocycles. The number of aromatic hydroxyl groups is 1. The van der Waals surface area contributed by atoms with Gasteiger partial charge < -0.3 is 19.7 Å². The minimum atomic E-state index is -1.33. The molecule has 0 aliphatic carbocycles. The molecule has 1 amide bonds. The highest BCUT2D eigenvalue weighted by Crippen LogP contribution is 2.46. The number of ketones is 1. The standard InChI is InChI=1S/C25H20FNO6/c1-32-14-11-12-16(20(13-14)33-2)23(29)21-22(15-7-3-4-8-17(15)26)27(25(31)24(21)30)18-9-5-6-10-19(18)28/h3-13,22,28-29H,1-2H3/b23-21+. The van der Waals surface area contributed by atoms with Crippen molar-refractivity contribution in [3.63, 3.8) is 0 Å². The Labute approximate surface area is 188 Å². The molecule has 1 fully saturated rings. The summed E-state index contributed by atoms with van der Waals surface area (Å²) in [5.74, 6) is -2.91. The number of hydrogen-bond acceptors (Lipinski definition) is 6. The molecule has 1 aliphatic rings. The Morgan fingerprint density at radius 2 is 1.67 bits per heavy atom. The van der Waals surface area contributed by atoms with Gasteiger partial charge in [0.25, 0.3) is 11.7 Å². The quantitative estimate of drug-likeness (QED) is 0.345. The first-order chi connectivity index (χ1) is 15.9. The van der Waals surface area contributed by atoms with Gasteiger partial charge in [0, 0.05) is 11.6 Å². The fourth-order valence-corrected chi connectivity index (χ4v) is 3.88. The van der Waals surface area contributed by atoms with E-state index in [1.165, 1.54) is 56.7 Å². The lowest BCUT2D eigenvalue weighted by Gasteiger charge is -2.26. The second-order valence-corrected chi connectivity index (χ2v) is 7.25. The molecule has 1 atom stereocenters. The number of phenolic OH excluding ortho intramolecular Hbond substituents is 1. The number of rotatable bonds is 5. The van der Waals surface area contributed by atoms with Gasteiger partial charge in [0.2, 0.25) is 0 Å².